The summed E-state index contributed by atoms with van der Waals surface area (Å²) in [6, 6.07) is 2.09. The van der Waals surface area contributed by atoms with E-state index < -0.39 is 18.3 Å². The molecule has 0 aliphatic heterocycles. The molecule has 158 valence electrons. The van der Waals surface area contributed by atoms with E-state index in [0.29, 0.717) is 33.0 Å². The van der Waals surface area contributed by atoms with Crippen molar-refractivity contribution in [3.05, 3.63) is 0 Å². The van der Waals surface area contributed by atoms with Gasteiger partial charge in [-0.1, -0.05) is 6.04 Å². The van der Waals surface area contributed by atoms with Crippen LogP contribution in [-0.2, 0) is 22.8 Å². The molecule has 0 bridgehead atoms. The Labute approximate surface area is 164 Å². The molecule has 0 aromatic rings. The van der Waals surface area contributed by atoms with Gasteiger partial charge in [0, 0.05) is 39.1 Å². The van der Waals surface area contributed by atoms with Crippen molar-refractivity contribution in [2.45, 2.75) is 71.9 Å². The zero-order valence-electron chi connectivity index (χ0n) is 18.0. The van der Waals surface area contributed by atoms with E-state index in [-0.39, 0.29) is 5.41 Å². The van der Waals surface area contributed by atoms with Gasteiger partial charge in [0.1, 0.15) is 5.41 Å². The normalized spacial score (nSPS) is 13.2. The van der Waals surface area contributed by atoms with Crippen LogP contribution in [0.4, 0.5) is 0 Å². The molecule has 26 heavy (non-hydrogen) atoms. The van der Waals surface area contributed by atoms with Gasteiger partial charge in [-0.25, -0.2) is 0 Å². The summed E-state index contributed by atoms with van der Waals surface area (Å²) in [5.74, 6) is 0. The van der Waals surface area contributed by atoms with Crippen LogP contribution < -0.4 is 5.32 Å². The molecule has 0 radical (unpaired) electrons. The summed E-state index contributed by atoms with van der Waals surface area (Å²) in [6.45, 7) is 17.5. The van der Waals surface area contributed by atoms with Gasteiger partial charge in [0.25, 0.3) is 0 Å². The molecule has 0 atom stereocenters. The highest BCUT2D eigenvalue weighted by atomic mass is 28.4. The molecule has 0 saturated carbocycles. The number of rotatable bonds is 19. The average molecular weight is 410 g/mol. The lowest BCUT2D eigenvalue weighted by molar-refractivity contribution is -0.163. The Hall–Kier alpha value is 0.194. The minimum atomic E-state index is -2.48. The first kappa shape index (κ1) is 26.2. The Morgan fingerprint density at radius 2 is 1.27 bits per heavy atom. The number of hydrogen-bond acceptors (Lipinski definition) is 6. The molecule has 0 spiro atoms. The third-order valence-electron chi connectivity index (χ3n) is 4.06. The maximum Gasteiger partial charge on any atom is 0.500 e. The number of hydrogen-bond donors (Lipinski definition) is 1. The van der Waals surface area contributed by atoms with Crippen molar-refractivity contribution in [3.63, 3.8) is 0 Å². The molecular formula is C18H43NO5Si2. The standard InChI is InChI=1S/C18H43NO5Si2/c1-7-20-18(6,21-8-2)25-16-12-14-19-15-13-17-26(22-9-3,23-10-4)24-11-5/h19H,7-17,25H2,1-6H3. The highest BCUT2D eigenvalue weighted by Crippen LogP contribution is 2.18. The summed E-state index contributed by atoms with van der Waals surface area (Å²) in [4.78, 5) is 0. The van der Waals surface area contributed by atoms with E-state index >= 15 is 0 Å². The van der Waals surface area contributed by atoms with E-state index in [2.05, 4.69) is 12.2 Å². The highest BCUT2D eigenvalue weighted by Gasteiger charge is 2.39. The second-order valence-corrected chi connectivity index (χ2v) is 11.5. The van der Waals surface area contributed by atoms with Crippen molar-refractivity contribution in [2.24, 2.45) is 0 Å². The van der Waals surface area contributed by atoms with Crippen LogP contribution in [-0.4, -0.2) is 69.9 Å². The SMILES string of the molecule is CCOC(C)(OCC)[SiH2]CCCNCCC[Si](OCC)(OCC)OCC. The van der Waals surface area contributed by atoms with Gasteiger partial charge in [0.2, 0.25) is 0 Å². The predicted molar refractivity (Wildman–Crippen MR) is 113 cm³/mol. The van der Waals surface area contributed by atoms with Gasteiger partial charge >= 0.3 is 8.80 Å². The summed E-state index contributed by atoms with van der Waals surface area (Å²) in [6.07, 6.45) is 2.19. The van der Waals surface area contributed by atoms with Gasteiger partial charge in [-0.2, -0.15) is 0 Å². The largest absolute Gasteiger partial charge is 0.500 e. The first-order valence-electron chi connectivity index (χ1n) is 10.4. The quantitative estimate of drug-likeness (QED) is 0.201. The first-order valence-corrected chi connectivity index (χ1v) is 14.1. The molecule has 0 fully saturated rings. The third kappa shape index (κ3) is 11.8. The van der Waals surface area contributed by atoms with Gasteiger partial charge in [-0.3, -0.25) is 0 Å². The minimum Gasteiger partial charge on any atom is -0.374 e. The fourth-order valence-electron chi connectivity index (χ4n) is 3.05. The summed E-state index contributed by atoms with van der Waals surface area (Å²) >= 11 is 0. The Morgan fingerprint density at radius 3 is 1.73 bits per heavy atom. The lowest BCUT2D eigenvalue weighted by atomic mass is 10.4. The molecule has 0 heterocycles. The molecule has 0 aromatic carbocycles. The molecule has 0 aliphatic carbocycles. The smallest absolute Gasteiger partial charge is 0.374 e. The van der Waals surface area contributed by atoms with Gasteiger partial charge in [-0.15, -0.1) is 0 Å². The van der Waals surface area contributed by atoms with Crippen molar-refractivity contribution in [1.29, 1.82) is 0 Å². The molecule has 1 N–H and O–H groups in total. The number of ether oxygens (including phenoxy) is 2. The van der Waals surface area contributed by atoms with Gasteiger partial charge in [-0.05, 0) is 67.5 Å². The second-order valence-electron chi connectivity index (χ2n) is 6.29. The van der Waals surface area contributed by atoms with Gasteiger partial charge < -0.3 is 28.1 Å². The van der Waals surface area contributed by atoms with Crippen LogP contribution in [0, 0.1) is 0 Å². The fraction of sp³-hybridized carbons (Fsp3) is 1.00. The van der Waals surface area contributed by atoms with Crippen LogP contribution in [0.3, 0.4) is 0 Å². The van der Waals surface area contributed by atoms with E-state index in [4.69, 9.17) is 22.8 Å². The van der Waals surface area contributed by atoms with Crippen molar-refractivity contribution in [1.82, 2.24) is 5.32 Å². The molecule has 0 aromatic heterocycles. The van der Waals surface area contributed by atoms with E-state index in [1.807, 2.05) is 34.6 Å². The molecule has 6 nitrogen and oxygen atoms in total. The summed E-state index contributed by atoms with van der Waals surface area (Å²) in [5.41, 5.74) is -0.304. The molecule has 0 rings (SSSR count). The zero-order valence-corrected chi connectivity index (χ0v) is 20.4. The fourth-order valence-corrected chi connectivity index (χ4v) is 7.50. The van der Waals surface area contributed by atoms with E-state index in [1.165, 1.54) is 12.5 Å². The lowest BCUT2D eigenvalue weighted by Gasteiger charge is -2.29. The highest BCUT2D eigenvalue weighted by molar-refractivity contribution is 6.60. The molecule has 0 unspecified atom stereocenters. The van der Waals surface area contributed by atoms with E-state index in [0.717, 1.165) is 25.6 Å². The predicted octanol–water partition coefficient (Wildman–Crippen LogP) is 2.74. The average Bonchev–Trinajstić information content (AvgIpc) is 2.58. The monoisotopic (exact) mass is 409 g/mol. The Morgan fingerprint density at radius 1 is 0.769 bits per heavy atom. The van der Waals surface area contributed by atoms with Gasteiger partial charge in [0.15, 0.2) is 0 Å². The van der Waals surface area contributed by atoms with Crippen molar-refractivity contribution in [2.75, 3.05) is 46.1 Å². The lowest BCUT2D eigenvalue weighted by Crippen LogP contribution is -2.46. The molecule has 0 aliphatic rings. The topological polar surface area (TPSA) is 58.2 Å². The third-order valence-corrected chi connectivity index (χ3v) is 9.38. The van der Waals surface area contributed by atoms with E-state index in [9.17, 15) is 0 Å². The minimum absolute atomic E-state index is 0.304. The molecular weight excluding hydrogens is 366 g/mol. The van der Waals surface area contributed by atoms with Crippen LogP contribution in [0.25, 0.3) is 0 Å². The van der Waals surface area contributed by atoms with Crippen LogP contribution in [0.5, 0.6) is 0 Å². The Bertz CT molecular complexity index is 301. The van der Waals surface area contributed by atoms with Crippen molar-refractivity contribution < 1.29 is 22.8 Å². The molecule has 0 saturated heterocycles. The maximum atomic E-state index is 5.88. The Balaban J connectivity index is 3.96. The summed E-state index contributed by atoms with van der Waals surface area (Å²) < 4.78 is 29.3. The second kappa shape index (κ2) is 16.2. The van der Waals surface area contributed by atoms with E-state index in [1.54, 1.807) is 0 Å². The summed E-state index contributed by atoms with van der Waals surface area (Å²) in [5, 5.41) is 3.53. The number of nitrogens with one attached hydrogen (secondary N) is 1. The van der Waals surface area contributed by atoms with Crippen LogP contribution in [0.2, 0.25) is 12.1 Å². The molecule has 0 amide bonds. The van der Waals surface area contributed by atoms with Crippen molar-refractivity contribution in [3.8, 4) is 0 Å². The molecule has 8 heteroatoms. The van der Waals surface area contributed by atoms with Crippen LogP contribution in [0.1, 0.15) is 54.4 Å². The maximum absolute atomic E-state index is 5.88. The Kier molecular flexibility index (Phi) is 16.3. The van der Waals surface area contributed by atoms with Gasteiger partial charge in [0.05, 0.1) is 9.52 Å². The first-order chi connectivity index (χ1) is 12.5. The zero-order chi connectivity index (χ0) is 19.7. The van der Waals surface area contributed by atoms with Crippen LogP contribution >= 0.6 is 0 Å². The summed E-state index contributed by atoms with van der Waals surface area (Å²) in [7, 11) is -2.89. The van der Waals surface area contributed by atoms with Crippen LogP contribution in [0.15, 0.2) is 0 Å². The van der Waals surface area contributed by atoms with Crippen molar-refractivity contribution >= 4 is 18.3 Å².